The lowest BCUT2D eigenvalue weighted by molar-refractivity contribution is -0.139. The van der Waals surface area contributed by atoms with Crippen LogP contribution in [-0.4, -0.2) is 12.0 Å². The molecule has 1 fully saturated rings. The van der Waals surface area contributed by atoms with Crippen LogP contribution < -0.4 is 0 Å². The summed E-state index contributed by atoms with van der Waals surface area (Å²) in [6, 6.07) is 11.2. The lowest BCUT2D eigenvalue weighted by Crippen LogP contribution is -2.18. The topological polar surface area (TPSA) is 17.1 Å². The third-order valence-electron chi connectivity index (χ3n) is 4.75. The highest BCUT2D eigenvalue weighted by atomic mass is 35.5. The molecule has 2 aromatic carbocycles. The summed E-state index contributed by atoms with van der Waals surface area (Å²) in [7, 11) is 0. The maximum Gasteiger partial charge on any atom is 0.399 e. The van der Waals surface area contributed by atoms with Crippen LogP contribution in [0, 0.1) is 5.92 Å². The summed E-state index contributed by atoms with van der Waals surface area (Å²) >= 11 is 11.7. The lowest BCUT2D eigenvalue weighted by atomic mass is 9.96. The minimum absolute atomic E-state index is 0.00328. The Bertz CT molecular complexity index is 848. The Morgan fingerprint density at radius 3 is 2.21 bits per heavy atom. The van der Waals surface area contributed by atoms with E-state index in [-0.39, 0.29) is 21.5 Å². The summed E-state index contributed by atoms with van der Waals surface area (Å²) in [4.78, 5) is 11.8. The molecule has 28 heavy (non-hydrogen) atoms. The molecule has 148 valence electrons. The van der Waals surface area contributed by atoms with Crippen LogP contribution in [0.5, 0.6) is 0 Å². The van der Waals surface area contributed by atoms with E-state index in [0.717, 1.165) is 24.5 Å². The van der Waals surface area contributed by atoms with Gasteiger partial charge in [0.05, 0.1) is 5.92 Å². The van der Waals surface area contributed by atoms with Crippen LogP contribution in [0.4, 0.5) is 13.2 Å². The average molecular weight is 427 g/mol. The summed E-state index contributed by atoms with van der Waals surface area (Å²) in [5.41, 5.74) is 1.65. The fourth-order valence-corrected chi connectivity index (χ4v) is 3.59. The second kappa shape index (κ2) is 8.71. The van der Waals surface area contributed by atoms with Gasteiger partial charge in [-0.2, -0.15) is 13.2 Å². The fraction of sp³-hybridized carbons (Fsp3) is 0.318. The lowest BCUT2D eigenvalue weighted by Gasteiger charge is -2.18. The van der Waals surface area contributed by atoms with E-state index in [2.05, 4.69) is 0 Å². The van der Waals surface area contributed by atoms with Crippen LogP contribution in [0.15, 0.2) is 48.5 Å². The Kier molecular flexibility index (Phi) is 6.51. The third-order valence-corrected chi connectivity index (χ3v) is 5.19. The van der Waals surface area contributed by atoms with Crippen LogP contribution in [-0.2, 0) is 11.2 Å². The third kappa shape index (κ3) is 5.86. The molecule has 2 aromatic rings. The van der Waals surface area contributed by atoms with Crippen LogP contribution in [0.3, 0.4) is 0 Å². The van der Waals surface area contributed by atoms with Gasteiger partial charge in [-0.1, -0.05) is 59.6 Å². The van der Waals surface area contributed by atoms with Crippen molar-refractivity contribution in [3.63, 3.8) is 0 Å². The molecule has 1 saturated carbocycles. The molecule has 6 heteroatoms. The van der Waals surface area contributed by atoms with Crippen molar-refractivity contribution in [3.8, 4) is 0 Å². The van der Waals surface area contributed by atoms with Crippen molar-refractivity contribution in [1.29, 1.82) is 0 Å². The number of carbonyl (C=O) groups excluding carboxylic acids is 1. The Morgan fingerprint density at radius 2 is 1.68 bits per heavy atom. The number of allylic oxidation sites excluding steroid dienone is 1. The molecule has 0 bridgehead atoms. The molecule has 0 aliphatic heterocycles. The molecular formula is C22H19Cl2F3O. The van der Waals surface area contributed by atoms with E-state index in [0.29, 0.717) is 24.2 Å². The molecule has 0 aromatic heterocycles. The van der Waals surface area contributed by atoms with Crippen LogP contribution in [0.25, 0.3) is 6.08 Å². The Hall–Kier alpha value is -1.78. The zero-order chi connectivity index (χ0) is 20.3. The molecule has 1 aliphatic carbocycles. The zero-order valence-corrected chi connectivity index (χ0v) is 16.5. The van der Waals surface area contributed by atoms with Gasteiger partial charge in [0.1, 0.15) is 5.78 Å². The molecule has 0 saturated heterocycles. The molecular weight excluding hydrogens is 408 g/mol. The van der Waals surface area contributed by atoms with E-state index in [4.69, 9.17) is 23.2 Å². The zero-order valence-electron chi connectivity index (χ0n) is 15.0. The van der Waals surface area contributed by atoms with E-state index in [1.807, 2.05) is 12.1 Å². The number of rotatable bonds is 7. The van der Waals surface area contributed by atoms with Gasteiger partial charge in [-0.3, -0.25) is 4.79 Å². The van der Waals surface area contributed by atoms with Crippen molar-refractivity contribution in [1.82, 2.24) is 0 Å². The number of carbonyl (C=O) groups is 1. The van der Waals surface area contributed by atoms with Crippen molar-refractivity contribution < 1.29 is 18.0 Å². The first-order valence-electron chi connectivity index (χ1n) is 9.05. The standard InChI is InChI=1S/C22H19Cl2F3O/c23-18-11-17(12-19(24)13-18)20(22(25,26)27)9-5-14-1-3-15(4-2-14)6-10-21(28)16-7-8-16/h1-5,9,11-13,16,20H,6-8,10H2/b9-5+. The van der Waals surface area contributed by atoms with Gasteiger partial charge in [-0.15, -0.1) is 0 Å². The van der Waals surface area contributed by atoms with Crippen LogP contribution >= 0.6 is 23.2 Å². The average Bonchev–Trinajstić information content (AvgIpc) is 3.44. The smallest absolute Gasteiger partial charge is 0.299 e. The minimum atomic E-state index is -4.46. The highest BCUT2D eigenvalue weighted by Gasteiger charge is 2.39. The van der Waals surface area contributed by atoms with Gasteiger partial charge in [0.25, 0.3) is 0 Å². The summed E-state index contributed by atoms with van der Waals surface area (Å²) in [6.07, 6.45) is 1.26. The van der Waals surface area contributed by atoms with E-state index in [1.54, 1.807) is 12.1 Å². The largest absolute Gasteiger partial charge is 0.399 e. The summed E-state index contributed by atoms with van der Waals surface area (Å²) < 4.78 is 40.5. The molecule has 0 amide bonds. The van der Waals surface area contributed by atoms with E-state index < -0.39 is 12.1 Å². The molecule has 1 nitrogen and oxygen atoms in total. The van der Waals surface area contributed by atoms with Crippen molar-refractivity contribution in [2.75, 3.05) is 0 Å². The molecule has 1 atom stereocenters. The van der Waals surface area contributed by atoms with Gasteiger partial charge in [0.15, 0.2) is 0 Å². The van der Waals surface area contributed by atoms with Crippen molar-refractivity contribution >= 4 is 35.1 Å². The Balaban J connectivity index is 1.70. The first-order chi connectivity index (χ1) is 13.2. The van der Waals surface area contributed by atoms with Gasteiger partial charge < -0.3 is 0 Å². The van der Waals surface area contributed by atoms with Crippen molar-refractivity contribution in [3.05, 3.63) is 75.3 Å². The predicted octanol–water partition coefficient (Wildman–Crippen LogP) is 7.26. The van der Waals surface area contributed by atoms with E-state index >= 15 is 0 Å². The number of Topliss-reactive ketones (excluding diaryl/α,β-unsaturated/α-hetero) is 1. The number of aryl methyl sites for hydroxylation is 1. The fourth-order valence-electron chi connectivity index (χ4n) is 3.04. The second-order valence-corrected chi connectivity index (χ2v) is 7.94. The maximum atomic E-state index is 13.5. The Morgan fingerprint density at radius 1 is 1.07 bits per heavy atom. The SMILES string of the molecule is O=C(CCc1ccc(/C=C/C(c2cc(Cl)cc(Cl)c2)C(F)(F)F)cc1)C1CC1. The molecule has 0 heterocycles. The van der Waals surface area contributed by atoms with Gasteiger partial charge >= 0.3 is 6.18 Å². The number of alkyl halides is 3. The number of benzene rings is 2. The molecule has 1 unspecified atom stereocenters. The highest BCUT2D eigenvalue weighted by molar-refractivity contribution is 6.34. The van der Waals surface area contributed by atoms with Crippen molar-refractivity contribution in [2.45, 2.75) is 37.8 Å². The normalized spacial score (nSPS) is 15.8. The van der Waals surface area contributed by atoms with Gasteiger partial charge in [0, 0.05) is 22.4 Å². The van der Waals surface area contributed by atoms with Crippen LogP contribution in [0.2, 0.25) is 10.0 Å². The second-order valence-electron chi connectivity index (χ2n) is 7.06. The van der Waals surface area contributed by atoms with E-state index in [9.17, 15) is 18.0 Å². The van der Waals surface area contributed by atoms with Crippen molar-refractivity contribution in [2.24, 2.45) is 5.92 Å². The molecule has 0 N–H and O–H groups in total. The minimum Gasteiger partial charge on any atom is -0.299 e. The van der Waals surface area contributed by atoms with E-state index in [1.165, 1.54) is 24.3 Å². The molecule has 3 rings (SSSR count). The first kappa shape index (κ1) is 20.9. The predicted molar refractivity (Wildman–Crippen MR) is 107 cm³/mol. The first-order valence-corrected chi connectivity index (χ1v) is 9.80. The molecule has 0 radical (unpaired) electrons. The monoisotopic (exact) mass is 426 g/mol. The maximum absolute atomic E-state index is 13.5. The molecule has 1 aliphatic rings. The number of halogens is 5. The van der Waals surface area contributed by atoms with Gasteiger partial charge in [-0.05, 0) is 54.2 Å². The summed E-state index contributed by atoms with van der Waals surface area (Å²) in [5.74, 6) is -1.25. The summed E-state index contributed by atoms with van der Waals surface area (Å²) in [5, 5.41) is 0.325. The Labute approximate surface area is 172 Å². The summed E-state index contributed by atoms with van der Waals surface area (Å²) in [6.45, 7) is 0. The van der Waals surface area contributed by atoms with Gasteiger partial charge in [-0.25, -0.2) is 0 Å². The number of hydrogen-bond donors (Lipinski definition) is 0. The quantitative estimate of drug-likeness (QED) is 0.454. The molecule has 0 spiro atoms. The van der Waals surface area contributed by atoms with Gasteiger partial charge in [0.2, 0.25) is 0 Å². The highest BCUT2D eigenvalue weighted by Crippen LogP contribution is 2.38. The number of ketones is 1. The number of hydrogen-bond acceptors (Lipinski definition) is 1. The van der Waals surface area contributed by atoms with Crippen LogP contribution in [0.1, 0.15) is 41.9 Å².